The summed E-state index contributed by atoms with van der Waals surface area (Å²) in [6, 6.07) is 5.52. The minimum Gasteiger partial charge on any atom is -0.312 e. The number of carbonyl (C=O) groups excluding carboxylic acids is 1. The maximum Gasteiger partial charge on any atom is 0.278 e. The summed E-state index contributed by atoms with van der Waals surface area (Å²) < 4.78 is 1.95. The molecule has 24 heavy (non-hydrogen) atoms. The number of amides is 1. The summed E-state index contributed by atoms with van der Waals surface area (Å²) >= 11 is 6.03. The molecule has 0 saturated heterocycles. The van der Waals surface area contributed by atoms with Gasteiger partial charge < -0.3 is 9.88 Å². The van der Waals surface area contributed by atoms with Crippen LogP contribution in [0, 0.1) is 0 Å². The predicted molar refractivity (Wildman–Crippen MR) is 92.4 cm³/mol. The summed E-state index contributed by atoms with van der Waals surface area (Å²) in [4.78, 5) is 17.2. The second kappa shape index (κ2) is 5.92. The van der Waals surface area contributed by atoms with Gasteiger partial charge in [0, 0.05) is 42.3 Å². The Balaban J connectivity index is 1.69. The zero-order chi connectivity index (χ0) is 16.7. The third-order valence-corrected chi connectivity index (χ3v) is 4.51. The lowest BCUT2D eigenvalue weighted by Gasteiger charge is -2.13. The quantitative estimate of drug-likeness (QED) is 0.680. The lowest BCUT2D eigenvalue weighted by Crippen LogP contribution is -2.25. The van der Waals surface area contributed by atoms with Gasteiger partial charge in [0.05, 0.1) is 11.0 Å². The molecule has 3 aromatic rings. The molecule has 0 radical (unpaired) electrons. The molecule has 0 saturated carbocycles. The van der Waals surface area contributed by atoms with Gasteiger partial charge in [-0.3, -0.25) is 15.2 Å². The van der Waals surface area contributed by atoms with Crippen molar-refractivity contribution < 1.29 is 4.79 Å². The molecule has 124 valence electrons. The van der Waals surface area contributed by atoms with Crippen molar-refractivity contribution in [1.29, 1.82) is 0 Å². The van der Waals surface area contributed by atoms with Gasteiger partial charge in [0.15, 0.2) is 5.69 Å². The maximum atomic E-state index is 12.7. The minimum absolute atomic E-state index is 0.257. The Morgan fingerprint density at radius 3 is 3.17 bits per heavy atom. The number of aryl methyl sites for hydroxylation is 1. The Morgan fingerprint density at radius 2 is 2.33 bits per heavy atom. The standard InChI is InChI=1S/C16H17ClN6O/c1-2-23-13-4-3-9(17)7-12(13)19-16(23)20-15(24)14-10-8-18-6-5-11(10)21-22-14/h3-4,7,18H,2,5-6,8H2,1H3,(H,21,22)(H,19,20,24). The van der Waals surface area contributed by atoms with Gasteiger partial charge in [0.1, 0.15) is 0 Å². The van der Waals surface area contributed by atoms with Crippen molar-refractivity contribution >= 4 is 34.5 Å². The van der Waals surface area contributed by atoms with Crippen LogP contribution in [0.4, 0.5) is 5.95 Å². The number of H-pyrrole nitrogens is 1. The Morgan fingerprint density at radius 1 is 1.46 bits per heavy atom. The number of benzene rings is 1. The van der Waals surface area contributed by atoms with Crippen molar-refractivity contribution in [2.45, 2.75) is 26.4 Å². The van der Waals surface area contributed by atoms with E-state index in [0.717, 1.165) is 35.3 Å². The highest BCUT2D eigenvalue weighted by molar-refractivity contribution is 6.31. The van der Waals surface area contributed by atoms with Crippen LogP contribution in [0.25, 0.3) is 11.0 Å². The molecule has 0 spiro atoms. The summed E-state index contributed by atoms with van der Waals surface area (Å²) in [5.74, 6) is 0.243. The van der Waals surface area contributed by atoms with Crippen LogP contribution >= 0.6 is 11.6 Å². The number of fused-ring (bicyclic) bond motifs is 2. The summed E-state index contributed by atoms with van der Waals surface area (Å²) in [6.45, 7) is 4.23. The molecule has 1 aromatic carbocycles. The van der Waals surface area contributed by atoms with Gasteiger partial charge >= 0.3 is 0 Å². The van der Waals surface area contributed by atoms with Gasteiger partial charge in [-0.05, 0) is 25.1 Å². The van der Waals surface area contributed by atoms with E-state index in [2.05, 4.69) is 25.8 Å². The first-order chi connectivity index (χ1) is 11.7. The van der Waals surface area contributed by atoms with Crippen LogP contribution in [0.3, 0.4) is 0 Å². The zero-order valence-corrected chi connectivity index (χ0v) is 13.9. The summed E-state index contributed by atoms with van der Waals surface area (Å²) in [6.07, 6.45) is 0.849. The van der Waals surface area contributed by atoms with Gasteiger partial charge in [0.25, 0.3) is 5.91 Å². The van der Waals surface area contributed by atoms with Gasteiger partial charge in [-0.2, -0.15) is 5.10 Å². The molecule has 3 heterocycles. The third-order valence-electron chi connectivity index (χ3n) is 4.27. The van der Waals surface area contributed by atoms with E-state index < -0.39 is 0 Å². The number of nitrogens with one attached hydrogen (secondary N) is 3. The van der Waals surface area contributed by atoms with E-state index in [4.69, 9.17) is 11.6 Å². The highest BCUT2D eigenvalue weighted by Gasteiger charge is 2.23. The fourth-order valence-corrected chi connectivity index (χ4v) is 3.26. The van der Waals surface area contributed by atoms with Crippen molar-refractivity contribution in [2.75, 3.05) is 11.9 Å². The number of aromatic amines is 1. The van der Waals surface area contributed by atoms with Crippen LogP contribution in [0.5, 0.6) is 0 Å². The van der Waals surface area contributed by atoms with Crippen LogP contribution in [0.2, 0.25) is 5.02 Å². The number of halogens is 1. The monoisotopic (exact) mass is 344 g/mol. The van der Waals surface area contributed by atoms with Crippen molar-refractivity contribution in [3.8, 4) is 0 Å². The molecule has 4 rings (SSSR count). The number of carbonyl (C=O) groups is 1. The zero-order valence-electron chi connectivity index (χ0n) is 13.2. The molecule has 0 aliphatic carbocycles. The van der Waals surface area contributed by atoms with Crippen molar-refractivity contribution in [3.63, 3.8) is 0 Å². The van der Waals surface area contributed by atoms with Gasteiger partial charge in [-0.25, -0.2) is 4.98 Å². The first-order valence-electron chi connectivity index (χ1n) is 7.91. The molecule has 7 nitrogen and oxygen atoms in total. The van der Waals surface area contributed by atoms with Crippen LogP contribution < -0.4 is 10.6 Å². The molecular weight excluding hydrogens is 328 g/mol. The molecule has 1 aliphatic heterocycles. The topological polar surface area (TPSA) is 87.6 Å². The van der Waals surface area contributed by atoms with Gasteiger partial charge in [-0.15, -0.1) is 0 Å². The molecule has 3 N–H and O–H groups in total. The second-order valence-electron chi connectivity index (χ2n) is 5.72. The smallest absolute Gasteiger partial charge is 0.278 e. The number of anilines is 1. The van der Waals surface area contributed by atoms with E-state index in [1.807, 2.05) is 23.6 Å². The van der Waals surface area contributed by atoms with Gasteiger partial charge in [0.2, 0.25) is 5.95 Å². The largest absolute Gasteiger partial charge is 0.312 e. The third kappa shape index (κ3) is 2.46. The van der Waals surface area contributed by atoms with Crippen molar-refractivity contribution in [3.05, 3.63) is 40.2 Å². The Hall–Kier alpha value is -2.38. The summed E-state index contributed by atoms with van der Waals surface area (Å²) in [5.41, 5.74) is 4.06. The predicted octanol–water partition coefficient (Wildman–Crippen LogP) is 2.33. The average Bonchev–Trinajstić information content (AvgIpc) is 3.15. The Labute approximate surface area is 143 Å². The Kier molecular flexibility index (Phi) is 3.74. The maximum absolute atomic E-state index is 12.7. The number of rotatable bonds is 3. The molecular formula is C16H17ClN6O. The van der Waals surface area contributed by atoms with Crippen LogP contribution in [0.1, 0.15) is 28.7 Å². The normalized spacial score (nSPS) is 13.9. The van der Waals surface area contributed by atoms with E-state index >= 15 is 0 Å². The van der Waals surface area contributed by atoms with Crippen LogP contribution in [-0.4, -0.2) is 32.2 Å². The van der Waals surface area contributed by atoms with E-state index in [0.29, 0.717) is 29.8 Å². The highest BCUT2D eigenvalue weighted by Crippen LogP contribution is 2.24. The number of aromatic nitrogens is 4. The highest BCUT2D eigenvalue weighted by atomic mass is 35.5. The molecule has 0 atom stereocenters. The molecule has 1 aliphatic rings. The van der Waals surface area contributed by atoms with Crippen molar-refractivity contribution in [2.24, 2.45) is 0 Å². The number of hydrogen-bond acceptors (Lipinski definition) is 4. The summed E-state index contributed by atoms with van der Waals surface area (Å²) in [7, 11) is 0. The molecule has 1 amide bonds. The van der Waals surface area contributed by atoms with Crippen LogP contribution in [-0.2, 0) is 19.5 Å². The first kappa shape index (κ1) is 15.2. The van der Waals surface area contributed by atoms with Crippen LogP contribution in [0.15, 0.2) is 18.2 Å². The molecule has 0 bridgehead atoms. The molecule has 0 fully saturated rings. The first-order valence-corrected chi connectivity index (χ1v) is 8.29. The minimum atomic E-state index is -0.257. The lowest BCUT2D eigenvalue weighted by atomic mass is 10.1. The fraction of sp³-hybridized carbons (Fsp3) is 0.312. The number of nitrogens with zero attached hydrogens (tertiary/aromatic N) is 3. The second-order valence-corrected chi connectivity index (χ2v) is 6.16. The van der Waals surface area contributed by atoms with Crippen molar-refractivity contribution in [1.82, 2.24) is 25.1 Å². The SMILES string of the molecule is CCn1c(NC(=O)c2n[nH]c3c2CNCC3)nc2cc(Cl)ccc21. The average molecular weight is 345 g/mol. The fourth-order valence-electron chi connectivity index (χ4n) is 3.09. The summed E-state index contributed by atoms with van der Waals surface area (Å²) in [5, 5.41) is 13.9. The van der Waals surface area contributed by atoms with E-state index in [-0.39, 0.29) is 5.91 Å². The molecule has 2 aromatic heterocycles. The number of hydrogen-bond donors (Lipinski definition) is 3. The Bertz CT molecular complexity index is 928. The van der Waals surface area contributed by atoms with Gasteiger partial charge in [-0.1, -0.05) is 11.6 Å². The molecule has 8 heteroatoms. The number of imidazole rings is 1. The van der Waals surface area contributed by atoms with E-state index in [1.54, 1.807) is 6.07 Å². The molecule has 0 unspecified atom stereocenters. The lowest BCUT2D eigenvalue weighted by molar-refractivity contribution is 0.102. The van der Waals surface area contributed by atoms with E-state index in [9.17, 15) is 4.79 Å². The van der Waals surface area contributed by atoms with E-state index in [1.165, 1.54) is 0 Å².